The molecule has 2 aromatic rings. The first-order chi connectivity index (χ1) is 10.3. The number of nitrogens with zero attached hydrogens (tertiary/aromatic N) is 3. The summed E-state index contributed by atoms with van der Waals surface area (Å²) in [7, 11) is 1.63. The SMILES string of the molecule is COc1ccc(Cl)cc1Nc1cc(N2CCCC2)ncn1. The highest BCUT2D eigenvalue weighted by Crippen LogP contribution is 2.30. The predicted octanol–water partition coefficient (Wildman–Crippen LogP) is 3.48. The monoisotopic (exact) mass is 304 g/mol. The van der Waals surface area contributed by atoms with Crippen LogP contribution in [0, 0.1) is 0 Å². The molecule has 0 spiro atoms. The lowest BCUT2D eigenvalue weighted by atomic mass is 10.3. The summed E-state index contributed by atoms with van der Waals surface area (Å²) in [5.41, 5.74) is 0.788. The summed E-state index contributed by atoms with van der Waals surface area (Å²) >= 11 is 6.04. The van der Waals surface area contributed by atoms with Crippen molar-refractivity contribution in [2.75, 3.05) is 30.4 Å². The molecule has 1 fully saturated rings. The van der Waals surface area contributed by atoms with Crippen molar-refractivity contribution in [3.63, 3.8) is 0 Å². The van der Waals surface area contributed by atoms with Gasteiger partial charge in [0.05, 0.1) is 12.8 Å². The van der Waals surface area contributed by atoms with Crippen molar-refractivity contribution in [1.29, 1.82) is 0 Å². The number of aromatic nitrogens is 2. The van der Waals surface area contributed by atoms with E-state index in [1.165, 1.54) is 12.8 Å². The van der Waals surface area contributed by atoms with Crippen LogP contribution in [-0.2, 0) is 0 Å². The van der Waals surface area contributed by atoms with E-state index in [-0.39, 0.29) is 0 Å². The Bertz CT molecular complexity index is 629. The number of hydrogen-bond donors (Lipinski definition) is 1. The maximum atomic E-state index is 6.04. The lowest BCUT2D eigenvalue weighted by Crippen LogP contribution is -2.19. The smallest absolute Gasteiger partial charge is 0.142 e. The predicted molar refractivity (Wildman–Crippen MR) is 84.8 cm³/mol. The molecular weight excluding hydrogens is 288 g/mol. The zero-order valence-electron chi connectivity index (χ0n) is 11.8. The molecule has 0 bridgehead atoms. The molecule has 1 aliphatic heterocycles. The van der Waals surface area contributed by atoms with Crippen LogP contribution >= 0.6 is 11.6 Å². The molecule has 21 heavy (non-hydrogen) atoms. The Morgan fingerprint density at radius 1 is 1.19 bits per heavy atom. The largest absolute Gasteiger partial charge is 0.495 e. The van der Waals surface area contributed by atoms with Crippen molar-refractivity contribution in [2.24, 2.45) is 0 Å². The Kier molecular flexibility index (Phi) is 4.10. The van der Waals surface area contributed by atoms with Crippen molar-refractivity contribution in [3.8, 4) is 5.75 Å². The van der Waals surface area contributed by atoms with E-state index in [0.717, 1.165) is 36.2 Å². The van der Waals surface area contributed by atoms with Gasteiger partial charge in [-0.25, -0.2) is 9.97 Å². The number of benzene rings is 1. The number of halogens is 1. The second kappa shape index (κ2) is 6.18. The maximum Gasteiger partial charge on any atom is 0.142 e. The Hall–Kier alpha value is -2.01. The van der Waals surface area contributed by atoms with Crippen LogP contribution in [0.3, 0.4) is 0 Å². The summed E-state index contributed by atoms with van der Waals surface area (Å²) < 4.78 is 5.33. The van der Waals surface area contributed by atoms with Crippen LogP contribution in [0.5, 0.6) is 5.75 Å². The van der Waals surface area contributed by atoms with Gasteiger partial charge in [-0.3, -0.25) is 0 Å². The minimum atomic E-state index is 0.645. The van der Waals surface area contributed by atoms with E-state index in [9.17, 15) is 0 Å². The van der Waals surface area contributed by atoms with Crippen LogP contribution in [-0.4, -0.2) is 30.2 Å². The van der Waals surface area contributed by atoms with E-state index in [4.69, 9.17) is 16.3 Å². The summed E-state index contributed by atoms with van der Waals surface area (Å²) in [6, 6.07) is 7.39. The van der Waals surface area contributed by atoms with Gasteiger partial charge < -0.3 is 15.0 Å². The van der Waals surface area contributed by atoms with Crippen molar-refractivity contribution in [2.45, 2.75) is 12.8 Å². The number of nitrogens with one attached hydrogen (secondary N) is 1. The average molecular weight is 305 g/mol. The Morgan fingerprint density at radius 3 is 2.76 bits per heavy atom. The van der Waals surface area contributed by atoms with Gasteiger partial charge in [0, 0.05) is 24.2 Å². The van der Waals surface area contributed by atoms with Gasteiger partial charge in [0.15, 0.2) is 0 Å². The Balaban J connectivity index is 1.84. The van der Waals surface area contributed by atoms with Crippen molar-refractivity contribution in [3.05, 3.63) is 35.6 Å². The van der Waals surface area contributed by atoms with Gasteiger partial charge >= 0.3 is 0 Å². The molecule has 0 amide bonds. The average Bonchev–Trinajstić information content (AvgIpc) is 3.02. The number of hydrogen-bond acceptors (Lipinski definition) is 5. The highest BCUT2D eigenvalue weighted by atomic mass is 35.5. The topological polar surface area (TPSA) is 50.3 Å². The molecule has 5 nitrogen and oxygen atoms in total. The highest BCUT2D eigenvalue weighted by molar-refractivity contribution is 6.31. The molecule has 110 valence electrons. The molecule has 1 N–H and O–H groups in total. The molecule has 1 aromatic heterocycles. The maximum absolute atomic E-state index is 6.04. The molecular formula is C15H17ClN4O. The van der Waals surface area contributed by atoms with E-state index in [1.807, 2.05) is 18.2 Å². The number of methoxy groups -OCH3 is 1. The normalized spacial score (nSPS) is 14.3. The summed E-state index contributed by atoms with van der Waals surface area (Å²) in [5, 5.41) is 3.89. The quantitative estimate of drug-likeness (QED) is 0.937. The highest BCUT2D eigenvalue weighted by Gasteiger charge is 2.14. The van der Waals surface area contributed by atoms with Crippen LogP contribution in [0.25, 0.3) is 0 Å². The molecule has 1 saturated heterocycles. The first-order valence-electron chi connectivity index (χ1n) is 6.94. The van der Waals surface area contributed by atoms with E-state index >= 15 is 0 Å². The van der Waals surface area contributed by atoms with Crippen LogP contribution < -0.4 is 15.0 Å². The van der Waals surface area contributed by atoms with Crippen molar-refractivity contribution >= 4 is 28.9 Å². The summed E-state index contributed by atoms with van der Waals surface area (Å²) in [6.07, 6.45) is 4.01. The van der Waals surface area contributed by atoms with E-state index < -0.39 is 0 Å². The molecule has 0 atom stereocenters. The standard InChI is InChI=1S/C15H17ClN4O/c1-21-13-5-4-11(16)8-12(13)19-14-9-15(18-10-17-14)20-6-2-3-7-20/h4-5,8-10H,2-3,6-7H2,1H3,(H,17,18,19). The third kappa shape index (κ3) is 3.19. The lowest BCUT2D eigenvalue weighted by Gasteiger charge is -2.17. The minimum Gasteiger partial charge on any atom is -0.495 e. The molecule has 3 rings (SSSR count). The molecule has 0 aliphatic carbocycles. The summed E-state index contributed by atoms with van der Waals surface area (Å²) in [6.45, 7) is 2.11. The summed E-state index contributed by atoms with van der Waals surface area (Å²) in [5.74, 6) is 2.40. The van der Waals surface area contributed by atoms with Crippen molar-refractivity contribution < 1.29 is 4.74 Å². The zero-order chi connectivity index (χ0) is 14.7. The minimum absolute atomic E-state index is 0.645. The van der Waals surface area contributed by atoms with Gasteiger partial charge in [-0.2, -0.15) is 0 Å². The van der Waals surface area contributed by atoms with Crippen molar-refractivity contribution in [1.82, 2.24) is 9.97 Å². The van der Waals surface area contributed by atoms with E-state index in [2.05, 4.69) is 20.2 Å². The van der Waals surface area contributed by atoms with Gasteiger partial charge in [0.2, 0.25) is 0 Å². The van der Waals surface area contributed by atoms with E-state index in [1.54, 1.807) is 19.5 Å². The van der Waals surface area contributed by atoms with Crippen LogP contribution in [0.2, 0.25) is 5.02 Å². The number of anilines is 3. The van der Waals surface area contributed by atoms with Gasteiger partial charge in [0.25, 0.3) is 0 Å². The first kappa shape index (κ1) is 13.9. The first-order valence-corrected chi connectivity index (χ1v) is 7.31. The fraction of sp³-hybridized carbons (Fsp3) is 0.333. The molecule has 0 radical (unpaired) electrons. The van der Waals surface area contributed by atoms with Crippen LogP contribution in [0.4, 0.5) is 17.3 Å². The molecule has 1 aromatic carbocycles. The van der Waals surface area contributed by atoms with Gasteiger partial charge in [-0.05, 0) is 31.0 Å². The second-order valence-electron chi connectivity index (χ2n) is 4.93. The zero-order valence-corrected chi connectivity index (χ0v) is 12.6. The van der Waals surface area contributed by atoms with Gasteiger partial charge in [-0.15, -0.1) is 0 Å². The molecule has 0 unspecified atom stereocenters. The third-order valence-corrected chi connectivity index (χ3v) is 3.74. The van der Waals surface area contributed by atoms with E-state index in [0.29, 0.717) is 5.02 Å². The number of ether oxygens (including phenoxy) is 1. The van der Waals surface area contributed by atoms with Gasteiger partial charge in [-0.1, -0.05) is 11.6 Å². The Morgan fingerprint density at radius 2 is 2.00 bits per heavy atom. The fourth-order valence-corrected chi connectivity index (χ4v) is 2.62. The molecule has 0 saturated carbocycles. The Labute approximate surface area is 128 Å². The molecule has 6 heteroatoms. The lowest BCUT2D eigenvalue weighted by molar-refractivity contribution is 0.417. The van der Waals surface area contributed by atoms with Crippen LogP contribution in [0.15, 0.2) is 30.6 Å². The second-order valence-corrected chi connectivity index (χ2v) is 5.36. The third-order valence-electron chi connectivity index (χ3n) is 3.51. The fourth-order valence-electron chi connectivity index (χ4n) is 2.45. The van der Waals surface area contributed by atoms with Gasteiger partial charge in [0.1, 0.15) is 23.7 Å². The van der Waals surface area contributed by atoms with Crippen LogP contribution in [0.1, 0.15) is 12.8 Å². The molecule has 2 heterocycles. The summed E-state index contributed by atoms with van der Waals surface area (Å²) in [4.78, 5) is 10.9. The number of rotatable bonds is 4. The molecule has 1 aliphatic rings.